The minimum atomic E-state index is -0.909. The maximum Gasteiger partial charge on any atom is 0.336 e. The molecule has 0 aliphatic carbocycles. The lowest BCUT2D eigenvalue weighted by atomic mass is 10.1. The molecule has 0 bridgehead atoms. The quantitative estimate of drug-likeness (QED) is 0.946. The Kier molecular flexibility index (Phi) is 3.36. The Morgan fingerprint density at radius 1 is 1.50 bits per heavy atom. The van der Waals surface area contributed by atoms with Crippen molar-refractivity contribution in [2.45, 2.75) is 6.42 Å². The largest absolute Gasteiger partial charge is 0.478 e. The predicted molar refractivity (Wildman–Crippen MR) is 66.0 cm³/mol. The molecule has 82 valence electrons. The van der Waals surface area contributed by atoms with E-state index in [2.05, 4.69) is 20.9 Å². The number of rotatable bonds is 3. The molecule has 0 unspecified atom stereocenters. The Bertz CT molecular complexity index is 511. The number of aromatic carboxylic acids is 1. The van der Waals surface area contributed by atoms with Crippen LogP contribution in [0, 0.1) is 0 Å². The number of carboxylic acids is 1. The van der Waals surface area contributed by atoms with Gasteiger partial charge < -0.3 is 5.11 Å². The van der Waals surface area contributed by atoms with E-state index in [1.807, 2.05) is 17.5 Å². The van der Waals surface area contributed by atoms with Gasteiger partial charge in [-0.1, -0.05) is 22.0 Å². The highest BCUT2D eigenvalue weighted by Gasteiger charge is 2.11. The van der Waals surface area contributed by atoms with Crippen LogP contribution in [0.1, 0.15) is 20.9 Å². The first-order valence-corrected chi connectivity index (χ1v) is 6.24. The number of halogens is 1. The van der Waals surface area contributed by atoms with E-state index in [-0.39, 0.29) is 0 Å². The summed E-state index contributed by atoms with van der Waals surface area (Å²) in [5.41, 5.74) is 1.11. The third kappa shape index (κ3) is 2.48. The van der Waals surface area contributed by atoms with Crippen LogP contribution in [-0.2, 0) is 6.42 Å². The van der Waals surface area contributed by atoms with Crippen LogP contribution in [-0.4, -0.2) is 16.1 Å². The highest BCUT2D eigenvalue weighted by Crippen LogP contribution is 2.20. The van der Waals surface area contributed by atoms with E-state index in [1.54, 1.807) is 12.3 Å². The fraction of sp³-hybridized carbons (Fsp3) is 0.0909. The molecule has 0 spiro atoms. The standard InChI is InChI=1S/C11H8BrNO2S/c12-8-2-1-7(9(6-8)11(14)15)5-10-13-3-4-16-10/h1-4,6H,5H2,(H,14,15). The van der Waals surface area contributed by atoms with Gasteiger partial charge in [0.25, 0.3) is 0 Å². The van der Waals surface area contributed by atoms with E-state index in [1.165, 1.54) is 11.3 Å². The van der Waals surface area contributed by atoms with Crippen molar-refractivity contribution in [3.63, 3.8) is 0 Å². The van der Waals surface area contributed by atoms with Crippen molar-refractivity contribution >= 4 is 33.2 Å². The average molecular weight is 298 g/mol. The summed E-state index contributed by atoms with van der Waals surface area (Å²) >= 11 is 4.79. The summed E-state index contributed by atoms with van der Waals surface area (Å²) in [4.78, 5) is 15.2. The summed E-state index contributed by atoms with van der Waals surface area (Å²) in [6.45, 7) is 0. The van der Waals surface area contributed by atoms with Crippen LogP contribution < -0.4 is 0 Å². The van der Waals surface area contributed by atoms with E-state index in [4.69, 9.17) is 5.11 Å². The summed E-state index contributed by atoms with van der Waals surface area (Å²) < 4.78 is 0.771. The van der Waals surface area contributed by atoms with E-state index in [0.717, 1.165) is 15.0 Å². The van der Waals surface area contributed by atoms with E-state index in [9.17, 15) is 4.79 Å². The number of aromatic nitrogens is 1. The molecule has 0 fully saturated rings. The van der Waals surface area contributed by atoms with E-state index < -0.39 is 5.97 Å². The summed E-state index contributed by atoms with van der Waals surface area (Å²) in [7, 11) is 0. The first-order valence-electron chi connectivity index (χ1n) is 4.57. The van der Waals surface area contributed by atoms with Crippen LogP contribution in [0.25, 0.3) is 0 Å². The van der Waals surface area contributed by atoms with Gasteiger partial charge in [-0.05, 0) is 17.7 Å². The molecule has 3 nitrogen and oxygen atoms in total. The fourth-order valence-electron chi connectivity index (χ4n) is 1.41. The molecular formula is C11H8BrNO2S. The lowest BCUT2D eigenvalue weighted by Gasteiger charge is -2.04. The van der Waals surface area contributed by atoms with E-state index in [0.29, 0.717) is 12.0 Å². The summed E-state index contributed by atoms with van der Waals surface area (Å²) in [5.74, 6) is -0.909. The van der Waals surface area contributed by atoms with Crippen molar-refractivity contribution in [3.05, 3.63) is 50.4 Å². The number of thiazole rings is 1. The Morgan fingerprint density at radius 2 is 2.31 bits per heavy atom. The minimum Gasteiger partial charge on any atom is -0.478 e. The smallest absolute Gasteiger partial charge is 0.336 e. The molecule has 1 aromatic carbocycles. The molecule has 2 aromatic rings. The van der Waals surface area contributed by atoms with Crippen molar-refractivity contribution in [1.82, 2.24) is 4.98 Å². The van der Waals surface area contributed by atoms with Crippen LogP contribution in [0.2, 0.25) is 0 Å². The van der Waals surface area contributed by atoms with E-state index >= 15 is 0 Å². The Hall–Kier alpha value is -1.20. The Balaban J connectivity index is 2.36. The molecule has 1 heterocycles. The molecule has 1 aromatic heterocycles. The zero-order chi connectivity index (χ0) is 11.5. The lowest BCUT2D eigenvalue weighted by molar-refractivity contribution is 0.0696. The molecule has 0 saturated carbocycles. The number of benzene rings is 1. The molecular weight excluding hydrogens is 290 g/mol. The number of carbonyl (C=O) groups is 1. The highest BCUT2D eigenvalue weighted by molar-refractivity contribution is 9.10. The maximum absolute atomic E-state index is 11.1. The Morgan fingerprint density at radius 3 is 2.94 bits per heavy atom. The second-order valence-corrected chi connectivity index (χ2v) is 5.10. The van der Waals surface area contributed by atoms with Crippen LogP contribution >= 0.6 is 27.3 Å². The zero-order valence-corrected chi connectivity index (χ0v) is 10.6. The van der Waals surface area contributed by atoms with Crippen molar-refractivity contribution < 1.29 is 9.90 Å². The molecule has 0 saturated heterocycles. The van der Waals surface area contributed by atoms with Gasteiger partial charge in [0, 0.05) is 22.5 Å². The Labute approximate surface area is 105 Å². The lowest BCUT2D eigenvalue weighted by Crippen LogP contribution is -2.03. The molecule has 1 N–H and O–H groups in total. The summed E-state index contributed by atoms with van der Waals surface area (Å²) in [6.07, 6.45) is 2.28. The first kappa shape index (κ1) is 11.3. The van der Waals surface area contributed by atoms with Crippen LogP contribution in [0.5, 0.6) is 0 Å². The fourth-order valence-corrected chi connectivity index (χ4v) is 2.41. The monoisotopic (exact) mass is 297 g/mol. The zero-order valence-electron chi connectivity index (χ0n) is 8.18. The topological polar surface area (TPSA) is 50.2 Å². The summed E-state index contributed by atoms with van der Waals surface area (Å²) in [5, 5.41) is 11.9. The highest BCUT2D eigenvalue weighted by atomic mass is 79.9. The molecule has 0 radical (unpaired) electrons. The molecule has 0 aliphatic rings. The molecule has 2 rings (SSSR count). The first-order chi connectivity index (χ1) is 7.66. The number of nitrogens with zero attached hydrogens (tertiary/aromatic N) is 1. The number of hydrogen-bond donors (Lipinski definition) is 1. The second-order valence-electron chi connectivity index (χ2n) is 3.21. The van der Waals surface area contributed by atoms with Gasteiger partial charge in [-0.2, -0.15) is 0 Å². The van der Waals surface area contributed by atoms with Gasteiger partial charge in [0.1, 0.15) is 0 Å². The second kappa shape index (κ2) is 4.76. The van der Waals surface area contributed by atoms with Crippen molar-refractivity contribution in [2.75, 3.05) is 0 Å². The van der Waals surface area contributed by atoms with Gasteiger partial charge in [-0.25, -0.2) is 9.78 Å². The van der Waals surface area contributed by atoms with Crippen LogP contribution in [0.15, 0.2) is 34.2 Å². The summed E-state index contributed by atoms with van der Waals surface area (Å²) in [6, 6.07) is 5.27. The molecule has 0 aliphatic heterocycles. The minimum absolute atomic E-state index is 0.324. The number of carboxylic acid groups (broad SMARTS) is 1. The van der Waals surface area contributed by atoms with Crippen LogP contribution in [0.3, 0.4) is 0 Å². The maximum atomic E-state index is 11.1. The predicted octanol–water partition coefficient (Wildman–Crippen LogP) is 3.19. The van der Waals surface area contributed by atoms with Gasteiger partial charge in [-0.3, -0.25) is 0 Å². The SMILES string of the molecule is O=C(O)c1cc(Br)ccc1Cc1nccs1. The molecule has 0 amide bonds. The molecule has 5 heteroatoms. The van der Waals surface area contributed by atoms with Gasteiger partial charge in [0.05, 0.1) is 10.6 Å². The number of hydrogen-bond acceptors (Lipinski definition) is 3. The third-order valence-electron chi connectivity index (χ3n) is 2.13. The molecule has 16 heavy (non-hydrogen) atoms. The van der Waals surface area contributed by atoms with Gasteiger partial charge in [-0.15, -0.1) is 11.3 Å². The third-order valence-corrected chi connectivity index (χ3v) is 3.40. The van der Waals surface area contributed by atoms with Crippen LogP contribution in [0.4, 0.5) is 0 Å². The van der Waals surface area contributed by atoms with Gasteiger partial charge in [0.15, 0.2) is 0 Å². The van der Waals surface area contributed by atoms with Gasteiger partial charge >= 0.3 is 5.97 Å². The van der Waals surface area contributed by atoms with Crippen molar-refractivity contribution in [2.24, 2.45) is 0 Å². The van der Waals surface area contributed by atoms with Crippen molar-refractivity contribution in [1.29, 1.82) is 0 Å². The average Bonchev–Trinajstić information content (AvgIpc) is 2.73. The van der Waals surface area contributed by atoms with Gasteiger partial charge in [0.2, 0.25) is 0 Å². The van der Waals surface area contributed by atoms with Crippen molar-refractivity contribution in [3.8, 4) is 0 Å². The normalized spacial score (nSPS) is 10.3. The molecule has 0 atom stereocenters.